The van der Waals surface area contributed by atoms with Crippen molar-refractivity contribution in [2.75, 3.05) is 25.6 Å². The van der Waals surface area contributed by atoms with Crippen molar-refractivity contribution in [3.8, 4) is 16.9 Å². The number of halogens is 1. The van der Waals surface area contributed by atoms with E-state index >= 15 is 0 Å². The van der Waals surface area contributed by atoms with Crippen LogP contribution >= 0.6 is 0 Å². The van der Waals surface area contributed by atoms with Gasteiger partial charge in [-0.1, -0.05) is 0 Å². The smallest absolute Gasteiger partial charge is 0.189 e. The van der Waals surface area contributed by atoms with Crippen LogP contribution in [0.4, 0.5) is 16.0 Å². The second-order valence-electron chi connectivity index (χ2n) is 9.48. The van der Waals surface area contributed by atoms with Gasteiger partial charge in [0.25, 0.3) is 0 Å². The highest BCUT2D eigenvalue weighted by molar-refractivity contribution is 5.75. The average molecular weight is 478 g/mol. The zero-order valence-electron chi connectivity index (χ0n) is 20.0. The van der Waals surface area contributed by atoms with Crippen molar-refractivity contribution >= 4 is 17.2 Å². The highest BCUT2D eigenvalue weighted by atomic mass is 19.1. The molecule has 10 heteroatoms. The van der Waals surface area contributed by atoms with Gasteiger partial charge in [0.1, 0.15) is 11.9 Å². The van der Waals surface area contributed by atoms with Crippen molar-refractivity contribution in [2.24, 2.45) is 7.05 Å². The highest BCUT2D eigenvalue weighted by Gasteiger charge is 2.38. The minimum absolute atomic E-state index is 0.121. The predicted octanol–water partition coefficient (Wildman–Crippen LogP) is 3.56. The Morgan fingerprint density at radius 3 is 2.66 bits per heavy atom. The lowest BCUT2D eigenvalue weighted by Gasteiger charge is -2.46. The summed E-state index contributed by atoms with van der Waals surface area (Å²) in [4.78, 5) is 6.93. The maximum atomic E-state index is 14.0. The molecule has 0 saturated carbocycles. The number of anilines is 2. The van der Waals surface area contributed by atoms with E-state index in [1.807, 2.05) is 37.5 Å². The molecule has 0 aromatic carbocycles. The van der Waals surface area contributed by atoms with E-state index in [9.17, 15) is 4.39 Å². The number of rotatable bonds is 5. The zero-order valence-corrected chi connectivity index (χ0v) is 20.0. The van der Waals surface area contributed by atoms with Crippen LogP contribution < -0.4 is 10.1 Å². The summed E-state index contributed by atoms with van der Waals surface area (Å²) in [7, 11) is 3.85. The number of likely N-dealkylation sites (N-methyl/N-ethyl adjacent to an activating group) is 1. The standard InChI is InChI=1S/C25H28FN7O2/c1-15-6-21(23(11-27-15)35-20-8-18-13-34-14-19(9-20)32(18)3)16-4-5-33-17(7-16)10-24(29-33)28-25-22(26)12-31(2)30-25/h4-7,10-12,18-20H,8-9,13-14H2,1-3H3,(H,28,29,30)/t18-,19+,20-. The molecule has 9 nitrogen and oxygen atoms in total. The lowest BCUT2D eigenvalue weighted by atomic mass is 9.92. The molecule has 0 spiro atoms. The minimum atomic E-state index is -0.427. The van der Waals surface area contributed by atoms with Gasteiger partial charge >= 0.3 is 0 Å². The zero-order chi connectivity index (χ0) is 24.1. The van der Waals surface area contributed by atoms with Crippen LogP contribution in [0.25, 0.3) is 16.6 Å². The maximum absolute atomic E-state index is 14.0. The van der Waals surface area contributed by atoms with Gasteiger partial charge in [0.2, 0.25) is 0 Å². The van der Waals surface area contributed by atoms with Gasteiger partial charge in [0, 0.05) is 55.5 Å². The molecule has 0 radical (unpaired) electrons. The van der Waals surface area contributed by atoms with E-state index in [2.05, 4.69) is 38.5 Å². The Bertz CT molecular complexity index is 1370. The number of morpholine rings is 1. The molecule has 2 fully saturated rings. The van der Waals surface area contributed by atoms with E-state index in [0.717, 1.165) is 54.1 Å². The van der Waals surface area contributed by atoms with Crippen molar-refractivity contribution in [3.05, 3.63) is 54.4 Å². The lowest BCUT2D eigenvalue weighted by molar-refractivity contribution is -0.0879. The Balaban J connectivity index is 1.28. The number of nitrogens with zero attached hydrogens (tertiary/aromatic N) is 6. The van der Waals surface area contributed by atoms with Gasteiger partial charge in [0.05, 0.1) is 31.1 Å². The largest absolute Gasteiger partial charge is 0.488 e. The van der Waals surface area contributed by atoms with E-state index in [0.29, 0.717) is 17.9 Å². The Morgan fingerprint density at radius 2 is 1.91 bits per heavy atom. The van der Waals surface area contributed by atoms with Gasteiger partial charge in [-0.3, -0.25) is 14.6 Å². The molecule has 6 rings (SSSR count). The lowest BCUT2D eigenvalue weighted by Crippen LogP contribution is -2.57. The summed E-state index contributed by atoms with van der Waals surface area (Å²) in [5.41, 5.74) is 3.78. The van der Waals surface area contributed by atoms with E-state index < -0.39 is 5.82 Å². The Kier molecular flexibility index (Phi) is 5.42. The number of hydrogen-bond acceptors (Lipinski definition) is 7. The molecular weight excluding hydrogens is 449 g/mol. The molecule has 4 aromatic heterocycles. The topological polar surface area (TPSA) is 81.7 Å². The Hall–Kier alpha value is -3.50. The number of piperidine rings is 1. The van der Waals surface area contributed by atoms with Crippen LogP contribution in [0.15, 0.2) is 42.9 Å². The summed E-state index contributed by atoms with van der Waals surface area (Å²) in [5.74, 6) is 1.01. The van der Waals surface area contributed by atoms with Crippen molar-refractivity contribution in [1.29, 1.82) is 0 Å². The number of ether oxygens (including phenoxy) is 2. The molecule has 182 valence electrons. The first-order valence-electron chi connectivity index (χ1n) is 11.8. The van der Waals surface area contributed by atoms with Crippen LogP contribution in [0.1, 0.15) is 18.5 Å². The third-order valence-corrected chi connectivity index (χ3v) is 6.95. The molecule has 1 N–H and O–H groups in total. The van der Waals surface area contributed by atoms with Gasteiger partial charge in [-0.25, -0.2) is 8.91 Å². The summed E-state index contributed by atoms with van der Waals surface area (Å²) < 4.78 is 29.5. The first-order valence-corrected chi connectivity index (χ1v) is 11.8. The molecule has 3 atom stereocenters. The Morgan fingerprint density at radius 1 is 1.11 bits per heavy atom. The highest BCUT2D eigenvalue weighted by Crippen LogP contribution is 2.35. The number of hydrogen-bond donors (Lipinski definition) is 1. The van der Waals surface area contributed by atoms with Crippen molar-refractivity contribution < 1.29 is 13.9 Å². The van der Waals surface area contributed by atoms with Crippen LogP contribution in [0.5, 0.6) is 5.75 Å². The molecule has 2 aliphatic heterocycles. The molecule has 0 unspecified atom stereocenters. The number of aromatic nitrogens is 5. The second-order valence-corrected chi connectivity index (χ2v) is 9.48. The van der Waals surface area contributed by atoms with Gasteiger partial charge in [-0.2, -0.15) is 10.2 Å². The summed E-state index contributed by atoms with van der Waals surface area (Å²) in [6, 6.07) is 8.73. The first-order chi connectivity index (χ1) is 16.9. The van der Waals surface area contributed by atoms with Crippen molar-refractivity contribution in [1.82, 2.24) is 29.3 Å². The van der Waals surface area contributed by atoms with Crippen molar-refractivity contribution in [3.63, 3.8) is 0 Å². The monoisotopic (exact) mass is 477 g/mol. The molecule has 0 aliphatic carbocycles. The molecule has 4 aromatic rings. The molecule has 2 bridgehead atoms. The number of fused-ring (bicyclic) bond motifs is 3. The summed E-state index contributed by atoms with van der Waals surface area (Å²) in [6.45, 7) is 3.48. The van der Waals surface area contributed by atoms with Crippen LogP contribution in [-0.4, -0.2) is 67.7 Å². The first kappa shape index (κ1) is 22.0. The molecular formula is C25H28FN7O2. The van der Waals surface area contributed by atoms with Gasteiger partial charge < -0.3 is 14.8 Å². The molecule has 35 heavy (non-hydrogen) atoms. The third-order valence-electron chi connectivity index (χ3n) is 6.95. The Labute approximate surface area is 202 Å². The van der Waals surface area contributed by atoms with Crippen LogP contribution in [-0.2, 0) is 11.8 Å². The predicted molar refractivity (Wildman–Crippen MR) is 129 cm³/mol. The summed E-state index contributed by atoms with van der Waals surface area (Å²) in [5, 5.41) is 11.5. The normalized spacial score (nSPS) is 22.5. The van der Waals surface area contributed by atoms with E-state index in [-0.39, 0.29) is 11.9 Å². The van der Waals surface area contributed by atoms with Gasteiger partial charge in [0.15, 0.2) is 17.5 Å². The molecule has 0 amide bonds. The fraction of sp³-hybridized carbons (Fsp3) is 0.400. The fourth-order valence-electron chi connectivity index (χ4n) is 5.08. The number of nitrogens with one attached hydrogen (secondary N) is 1. The van der Waals surface area contributed by atoms with Crippen LogP contribution in [0.3, 0.4) is 0 Å². The quantitative estimate of drug-likeness (QED) is 0.471. The number of aryl methyl sites for hydroxylation is 2. The van der Waals surface area contributed by atoms with E-state index in [1.165, 1.54) is 10.9 Å². The van der Waals surface area contributed by atoms with Gasteiger partial charge in [-0.15, -0.1) is 0 Å². The maximum Gasteiger partial charge on any atom is 0.189 e. The molecule has 2 aliphatic rings. The average Bonchev–Trinajstić information content (AvgIpc) is 3.36. The second kappa shape index (κ2) is 8.62. The minimum Gasteiger partial charge on any atom is -0.488 e. The van der Waals surface area contributed by atoms with Crippen molar-refractivity contribution in [2.45, 2.75) is 38.0 Å². The van der Waals surface area contributed by atoms with E-state index in [1.54, 1.807) is 11.6 Å². The van der Waals surface area contributed by atoms with Crippen LogP contribution in [0, 0.1) is 12.7 Å². The third kappa shape index (κ3) is 4.23. The van der Waals surface area contributed by atoms with E-state index in [4.69, 9.17) is 9.47 Å². The van der Waals surface area contributed by atoms with Gasteiger partial charge in [-0.05, 0) is 37.7 Å². The SMILES string of the molecule is Cc1cc(-c2ccn3nc(Nc4nn(C)cc4F)cc3c2)c(O[C@H]2C[C@H]3COC[C@@H](C2)N3C)cn1. The molecule has 6 heterocycles. The molecule has 2 saturated heterocycles. The fourth-order valence-corrected chi connectivity index (χ4v) is 5.08. The van der Waals surface area contributed by atoms with Crippen LogP contribution in [0.2, 0.25) is 0 Å². The number of pyridine rings is 2. The summed E-state index contributed by atoms with van der Waals surface area (Å²) >= 11 is 0. The summed E-state index contributed by atoms with van der Waals surface area (Å²) in [6.07, 6.45) is 7.01.